The standard InChI is InChI=1S/C29H48N7O17P3S/c1-4-5-6-7-8-9-20(38)57-13-12-31-19(37)10-11-32-27(41)24(40)29(2,3)15-50-56(47,48)53-55(45,46)49-14-18-23(52-54(42,43)44)22(39)28(51-18)36-17-35-21-25(30)33-16-34-26(21)36/h8-9,16-18,22-24,28,39-40H,4-7,10-15H2,1-3H3,(H,31,37)(H,32,41)(H,45,46)(H,47,48)(H2,30,33,34)(H2,42,43,44)/b9-8+/t18-,22?,23+,24+,28-/m1/s1. The van der Waals surface area contributed by atoms with Crippen LogP contribution in [-0.4, -0.2) is 123 Å². The minimum absolute atomic E-state index is 0.0310. The van der Waals surface area contributed by atoms with Crippen molar-refractivity contribution in [3.63, 3.8) is 0 Å². The van der Waals surface area contributed by atoms with Gasteiger partial charge < -0.3 is 50.9 Å². The lowest BCUT2D eigenvalue weighted by molar-refractivity contribution is -0.137. The molecule has 28 heteroatoms. The molecule has 57 heavy (non-hydrogen) atoms. The van der Waals surface area contributed by atoms with Crippen LogP contribution >= 0.6 is 35.2 Å². The summed E-state index contributed by atoms with van der Waals surface area (Å²) < 4.78 is 62.1. The van der Waals surface area contributed by atoms with Gasteiger partial charge in [-0.1, -0.05) is 51.5 Å². The number of nitrogens with one attached hydrogen (secondary N) is 2. The van der Waals surface area contributed by atoms with Gasteiger partial charge in [0, 0.05) is 30.7 Å². The molecule has 10 N–H and O–H groups in total. The van der Waals surface area contributed by atoms with E-state index < -0.39 is 84.6 Å². The quantitative estimate of drug-likeness (QED) is 0.0400. The summed E-state index contributed by atoms with van der Waals surface area (Å²) in [6, 6.07) is 0. The van der Waals surface area contributed by atoms with Crippen molar-refractivity contribution in [3.8, 4) is 0 Å². The molecule has 1 fully saturated rings. The summed E-state index contributed by atoms with van der Waals surface area (Å²) >= 11 is 1.05. The number of aliphatic hydroxyl groups excluding tert-OH is 2. The predicted octanol–water partition coefficient (Wildman–Crippen LogP) is 0.801. The van der Waals surface area contributed by atoms with Crippen LogP contribution in [0.4, 0.5) is 5.82 Å². The summed E-state index contributed by atoms with van der Waals surface area (Å²) in [6.45, 7) is 2.59. The third kappa shape index (κ3) is 15.8. The van der Waals surface area contributed by atoms with Gasteiger partial charge in [-0.25, -0.2) is 28.6 Å². The number of unbranched alkanes of at least 4 members (excludes halogenated alkanes) is 3. The van der Waals surface area contributed by atoms with Crippen LogP contribution in [0.1, 0.15) is 59.1 Å². The number of phosphoric ester groups is 3. The largest absolute Gasteiger partial charge is 0.481 e. The number of allylic oxidation sites excluding steroid dienone is 1. The number of nitrogens with zero attached hydrogens (tertiary/aromatic N) is 4. The minimum atomic E-state index is -5.57. The maximum Gasteiger partial charge on any atom is 0.481 e. The van der Waals surface area contributed by atoms with Gasteiger partial charge >= 0.3 is 23.5 Å². The monoisotopic (exact) mass is 891 g/mol. The van der Waals surface area contributed by atoms with E-state index in [1.807, 2.05) is 6.08 Å². The third-order valence-corrected chi connectivity index (χ3v) is 11.9. The zero-order chi connectivity index (χ0) is 42.6. The summed E-state index contributed by atoms with van der Waals surface area (Å²) in [6.07, 6.45) is 0.413. The van der Waals surface area contributed by atoms with E-state index in [4.69, 9.17) is 19.5 Å². The number of carbonyl (C=O) groups excluding carboxylic acids is 3. The Balaban J connectivity index is 1.46. The number of thioether (sulfide) groups is 1. The highest BCUT2D eigenvalue weighted by Crippen LogP contribution is 2.61. The number of fused-ring (bicyclic) bond motifs is 1. The minimum Gasteiger partial charge on any atom is -0.386 e. The summed E-state index contributed by atoms with van der Waals surface area (Å²) in [5.74, 6) is -1.11. The molecule has 2 aromatic heterocycles. The van der Waals surface area contributed by atoms with Crippen LogP contribution in [0.25, 0.3) is 11.2 Å². The SMILES string of the molecule is CCCCC/C=C/C(=O)SCCNC(=O)CCNC(=O)[C@H](O)C(C)(C)COP(=O)(O)OP(=O)(O)OC[C@H]1O[C@@H](n2cnc3c(N)ncnc32)C(O)[C@H]1OP(=O)(O)O. The number of aliphatic hydroxyl groups is 2. The second-order valence-electron chi connectivity index (χ2n) is 13.1. The fourth-order valence-corrected chi connectivity index (χ4v) is 8.45. The molecule has 0 aromatic carbocycles. The number of carbonyl (C=O) groups is 3. The Morgan fingerprint density at radius 3 is 2.46 bits per heavy atom. The first kappa shape index (κ1) is 48.7. The van der Waals surface area contributed by atoms with E-state index in [0.29, 0.717) is 5.75 Å². The Hall–Kier alpha value is -2.70. The van der Waals surface area contributed by atoms with Crippen LogP contribution in [0.3, 0.4) is 0 Å². The average Bonchev–Trinajstić information content (AvgIpc) is 3.68. The zero-order valence-electron chi connectivity index (χ0n) is 31.1. The Labute approximate surface area is 330 Å². The number of anilines is 1. The molecule has 2 amide bonds. The van der Waals surface area contributed by atoms with Crippen molar-refractivity contribution in [2.24, 2.45) is 5.41 Å². The van der Waals surface area contributed by atoms with Gasteiger partial charge in [-0.2, -0.15) is 4.31 Å². The topological polar surface area (TPSA) is 364 Å². The molecule has 322 valence electrons. The van der Waals surface area contributed by atoms with Gasteiger partial charge in [0.25, 0.3) is 0 Å². The van der Waals surface area contributed by atoms with E-state index in [-0.39, 0.29) is 41.6 Å². The molecule has 3 heterocycles. The number of hydrogen-bond acceptors (Lipinski definition) is 18. The molecule has 3 unspecified atom stereocenters. The smallest absolute Gasteiger partial charge is 0.386 e. The number of nitrogens with two attached hydrogens (primary N) is 1. The predicted molar refractivity (Wildman–Crippen MR) is 200 cm³/mol. The van der Waals surface area contributed by atoms with Crippen molar-refractivity contribution >= 4 is 69.1 Å². The molecule has 0 saturated carbocycles. The van der Waals surface area contributed by atoms with E-state index in [9.17, 15) is 57.9 Å². The molecule has 2 aromatic rings. The number of imidazole rings is 1. The third-order valence-electron chi connectivity index (χ3n) is 7.97. The first-order chi connectivity index (χ1) is 26.6. The second-order valence-corrected chi connectivity index (χ2v) is 18.5. The van der Waals surface area contributed by atoms with Gasteiger partial charge in [-0.15, -0.1) is 0 Å². The number of amides is 2. The fourth-order valence-electron chi connectivity index (χ4n) is 5.02. The van der Waals surface area contributed by atoms with Gasteiger partial charge in [0.1, 0.15) is 36.3 Å². The van der Waals surface area contributed by atoms with Crippen LogP contribution in [0.2, 0.25) is 0 Å². The van der Waals surface area contributed by atoms with E-state index >= 15 is 0 Å². The van der Waals surface area contributed by atoms with E-state index in [0.717, 1.165) is 54.7 Å². The first-order valence-corrected chi connectivity index (χ1v) is 22.8. The maximum absolute atomic E-state index is 12.7. The second kappa shape index (κ2) is 21.5. The highest BCUT2D eigenvalue weighted by Gasteiger charge is 2.50. The zero-order valence-corrected chi connectivity index (χ0v) is 34.6. The van der Waals surface area contributed by atoms with E-state index in [1.54, 1.807) is 0 Å². The lowest BCUT2D eigenvalue weighted by Crippen LogP contribution is -2.46. The highest BCUT2D eigenvalue weighted by atomic mass is 32.2. The fraction of sp³-hybridized carbons (Fsp3) is 0.655. The Morgan fingerprint density at radius 2 is 1.77 bits per heavy atom. The highest BCUT2D eigenvalue weighted by molar-refractivity contribution is 8.14. The molecule has 24 nitrogen and oxygen atoms in total. The summed E-state index contributed by atoms with van der Waals surface area (Å²) in [7, 11) is -16.4. The van der Waals surface area contributed by atoms with Gasteiger partial charge in [0.05, 0.1) is 19.5 Å². The molecule has 0 radical (unpaired) electrons. The van der Waals surface area contributed by atoms with Crippen LogP contribution in [-0.2, 0) is 50.7 Å². The number of nitrogen functional groups attached to an aromatic ring is 1. The van der Waals surface area contributed by atoms with Gasteiger partial charge in [0.2, 0.25) is 16.9 Å². The van der Waals surface area contributed by atoms with Gasteiger partial charge in [0.15, 0.2) is 17.7 Å². The number of aromatic nitrogens is 4. The van der Waals surface area contributed by atoms with Crippen molar-refractivity contribution < 1.29 is 80.5 Å². The van der Waals surface area contributed by atoms with Crippen molar-refractivity contribution in [3.05, 3.63) is 24.8 Å². The molecular weight excluding hydrogens is 843 g/mol. The molecule has 0 aliphatic carbocycles. The molecule has 0 bridgehead atoms. The van der Waals surface area contributed by atoms with Gasteiger partial charge in [-0.05, 0) is 18.9 Å². The van der Waals surface area contributed by atoms with Crippen molar-refractivity contribution in [2.75, 3.05) is 37.8 Å². The van der Waals surface area contributed by atoms with Crippen molar-refractivity contribution in [1.82, 2.24) is 30.2 Å². The summed E-state index contributed by atoms with van der Waals surface area (Å²) in [4.78, 5) is 87.5. The van der Waals surface area contributed by atoms with Crippen molar-refractivity contribution in [1.29, 1.82) is 0 Å². The van der Waals surface area contributed by atoms with E-state index in [2.05, 4.69) is 41.3 Å². The normalized spacial score (nSPS) is 21.6. The molecule has 1 aliphatic heterocycles. The summed E-state index contributed by atoms with van der Waals surface area (Å²) in [5, 5.41) is 26.3. The lowest BCUT2D eigenvalue weighted by atomic mass is 9.87. The number of hydrogen-bond donors (Lipinski definition) is 9. The van der Waals surface area contributed by atoms with E-state index in [1.165, 1.54) is 19.9 Å². The van der Waals surface area contributed by atoms with Crippen molar-refractivity contribution in [2.45, 2.75) is 83.5 Å². The Morgan fingerprint density at radius 1 is 1.07 bits per heavy atom. The van der Waals surface area contributed by atoms with Crippen LogP contribution in [0.15, 0.2) is 24.8 Å². The Bertz CT molecular complexity index is 1860. The number of phosphoric acid groups is 3. The maximum atomic E-state index is 12.7. The molecule has 7 atom stereocenters. The van der Waals surface area contributed by atoms with Crippen LogP contribution in [0.5, 0.6) is 0 Å². The molecule has 0 spiro atoms. The molecule has 1 saturated heterocycles. The average molecular weight is 892 g/mol. The Kier molecular flexibility index (Phi) is 18.4. The summed E-state index contributed by atoms with van der Waals surface area (Å²) in [5.41, 5.74) is 4.26. The van der Waals surface area contributed by atoms with Crippen LogP contribution in [0, 0.1) is 5.41 Å². The molecule has 3 rings (SSSR count). The first-order valence-electron chi connectivity index (χ1n) is 17.3. The number of ether oxygens (including phenoxy) is 1. The lowest BCUT2D eigenvalue weighted by Gasteiger charge is -2.30. The van der Waals surface area contributed by atoms with Crippen LogP contribution < -0.4 is 16.4 Å². The molecular formula is C29H48N7O17P3S. The number of rotatable bonds is 24. The molecule has 1 aliphatic rings. The van der Waals surface area contributed by atoms with Gasteiger partial charge in [-0.3, -0.25) is 32.5 Å².